The number of halogens is 2. The molecule has 150 valence electrons. The van der Waals surface area contributed by atoms with Crippen molar-refractivity contribution in [1.82, 2.24) is 4.72 Å². The van der Waals surface area contributed by atoms with E-state index in [1.54, 1.807) is 42.5 Å². The summed E-state index contributed by atoms with van der Waals surface area (Å²) < 4.78 is 41.3. The third kappa shape index (κ3) is 5.63. The summed E-state index contributed by atoms with van der Waals surface area (Å²) in [6.07, 6.45) is 0.133. The molecular weight excluding hydrogens is 415 g/mol. The smallest absolute Gasteiger partial charge is 0.242 e. The minimum absolute atomic E-state index is 0.0516. The number of sulfonamides is 1. The Hall–Kier alpha value is -2.74. The molecule has 3 aromatic carbocycles. The van der Waals surface area contributed by atoms with Gasteiger partial charge in [-0.2, -0.15) is 4.72 Å². The van der Waals surface area contributed by atoms with Gasteiger partial charge in [-0.1, -0.05) is 60.1 Å². The van der Waals surface area contributed by atoms with Crippen molar-refractivity contribution in [1.29, 1.82) is 0 Å². The molecule has 0 heterocycles. The molecule has 0 fully saturated rings. The third-order valence-electron chi connectivity index (χ3n) is 4.14. The lowest BCUT2D eigenvalue weighted by molar-refractivity contribution is -0.117. The molecule has 8 heteroatoms. The minimum Gasteiger partial charge on any atom is -0.325 e. The highest BCUT2D eigenvalue weighted by atomic mass is 35.5. The van der Waals surface area contributed by atoms with Crippen LogP contribution in [0.3, 0.4) is 0 Å². The molecule has 29 heavy (non-hydrogen) atoms. The van der Waals surface area contributed by atoms with Crippen molar-refractivity contribution in [2.75, 3.05) is 5.32 Å². The average Bonchev–Trinajstić information content (AvgIpc) is 2.71. The van der Waals surface area contributed by atoms with Crippen LogP contribution in [-0.4, -0.2) is 20.4 Å². The van der Waals surface area contributed by atoms with Crippen molar-refractivity contribution in [2.24, 2.45) is 0 Å². The third-order valence-corrected chi connectivity index (χ3v) is 5.91. The lowest BCUT2D eigenvalue weighted by Crippen LogP contribution is -2.45. The first-order valence-corrected chi connectivity index (χ1v) is 10.6. The van der Waals surface area contributed by atoms with E-state index < -0.39 is 27.8 Å². The maximum atomic E-state index is 13.4. The molecule has 0 radical (unpaired) electrons. The Morgan fingerprint density at radius 2 is 1.59 bits per heavy atom. The number of carbonyl (C=O) groups excluding carboxylic acids is 1. The second kappa shape index (κ2) is 9.17. The number of benzene rings is 3. The van der Waals surface area contributed by atoms with Gasteiger partial charge in [-0.05, 0) is 42.3 Å². The second-order valence-corrected chi connectivity index (χ2v) is 8.42. The number of hydrogen-bond acceptors (Lipinski definition) is 3. The molecule has 0 aliphatic rings. The molecule has 0 aliphatic heterocycles. The van der Waals surface area contributed by atoms with Gasteiger partial charge < -0.3 is 5.32 Å². The molecule has 5 nitrogen and oxygen atoms in total. The Kier molecular flexibility index (Phi) is 6.64. The minimum atomic E-state index is -3.93. The predicted octanol–water partition coefficient (Wildman–Crippen LogP) is 4.01. The highest BCUT2D eigenvalue weighted by Gasteiger charge is 2.26. The standard InChI is InChI=1S/C21H18ClFN2O3S/c22-18-14-16(11-12-19(18)23)24-21(26)20(13-15-7-3-1-4-8-15)25-29(27,28)17-9-5-2-6-10-17/h1-12,14,20,25H,13H2,(H,24,26)/t20-/m1/s1. The molecule has 0 bridgehead atoms. The average molecular weight is 433 g/mol. The molecule has 1 amide bonds. The first-order chi connectivity index (χ1) is 13.8. The summed E-state index contributed by atoms with van der Waals surface area (Å²) in [5.74, 6) is -1.20. The Bertz CT molecular complexity index is 1090. The topological polar surface area (TPSA) is 75.3 Å². The monoisotopic (exact) mass is 432 g/mol. The van der Waals surface area contributed by atoms with Gasteiger partial charge in [0.15, 0.2) is 0 Å². The van der Waals surface area contributed by atoms with E-state index in [-0.39, 0.29) is 22.0 Å². The largest absolute Gasteiger partial charge is 0.325 e. The van der Waals surface area contributed by atoms with Crippen LogP contribution in [0, 0.1) is 5.82 Å². The van der Waals surface area contributed by atoms with Gasteiger partial charge in [0.1, 0.15) is 11.9 Å². The summed E-state index contributed by atoms with van der Waals surface area (Å²) in [4.78, 5) is 12.9. The fourth-order valence-electron chi connectivity index (χ4n) is 2.70. The van der Waals surface area contributed by atoms with Crippen LogP contribution in [0.4, 0.5) is 10.1 Å². The molecule has 3 aromatic rings. The number of hydrogen-bond donors (Lipinski definition) is 2. The predicted molar refractivity (Wildman–Crippen MR) is 111 cm³/mol. The maximum Gasteiger partial charge on any atom is 0.242 e. The molecule has 2 N–H and O–H groups in total. The van der Waals surface area contributed by atoms with E-state index in [4.69, 9.17) is 11.6 Å². The van der Waals surface area contributed by atoms with Crippen molar-refractivity contribution in [3.63, 3.8) is 0 Å². The van der Waals surface area contributed by atoms with Gasteiger partial charge in [-0.25, -0.2) is 12.8 Å². The molecular formula is C21H18ClFN2O3S. The van der Waals surface area contributed by atoms with E-state index in [1.807, 2.05) is 6.07 Å². The molecule has 0 spiro atoms. The van der Waals surface area contributed by atoms with E-state index in [9.17, 15) is 17.6 Å². The molecule has 0 unspecified atom stereocenters. The van der Waals surface area contributed by atoms with Gasteiger partial charge in [0.05, 0.1) is 9.92 Å². The summed E-state index contributed by atoms with van der Waals surface area (Å²) >= 11 is 5.76. The zero-order valence-corrected chi connectivity index (χ0v) is 16.8. The van der Waals surface area contributed by atoms with Gasteiger partial charge in [-0.3, -0.25) is 4.79 Å². The number of carbonyl (C=O) groups is 1. The van der Waals surface area contributed by atoms with Crippen molar-refractivity contribution in [2.45, 2.75) is 17.4 Å². The van der Waals surface area contributed by atoms with Crippen LogP contribution in [0.15, 0.2) is 83.8 Å². The molecule has 0 saturated heterocycles. The fourth-order valence-corrected chi connectivity index (χ4v) is 4.09. The second-order valence-electron chi connectivity index (χ2n) is 6.29. The zero-order valence-electron chi connectivity index (χ0n) is 15.2. The molecule has 0 aromatic heterocycles. The van der Waals surface area contributed by atoms with Crippen LogP contribution >= 0.6 is 11.6 Å². The first-order valence-electron chi connectivity index (χ1n) is 8.72. The SMILES string of the molecule is O=C(Nc1ccc(F)c(Cl)c1)[C@@H](Cc1ccccc1)NS(=O)(=O)c1ccccc1. The van der Waals surface area contributed by atoms with Gasteiger partial charge >= 0.3 is 0 Å². The van der Waals surface area contributed by atoms with Crippen LogP contribution in [0.2, 0.25) is 5.02 Å². The number of amides is 1. The van der Waals surface area contributed by atoms with E-state index in [0.29, 0.717) is 0 Å². The quantitative estimate of drug-likeness (QED) is 0.592. The van der Waals surface area contributed by atoms with E-state index in [2.05, 4.69) is 10.0 Å². The Balaban J connectivity index is 1.85. The maximum absolute atomic E-state index is 13.4. The van der Waals surface area contributed by atoms with Gasteiger partial charge in [0.2, 0.25) is 15.9 Å². The lowest BCUT2D eigenvalue weighted by atomic mass is 10.1. The van der Waals surface area contributed by atoms with E-state index in [0.717, 1.165) is 11.6 Å². The lowest BCUT2D eigenvalue weighted by Gasteiger charge is -2.19. The summed E-state index contributed by atoms with van der Waals surface area (Å²) in [7, 11) is -3.93. The Morgan fingerprint density at radius 1 is 0.966 bits per heavy atom. The van der Waals surface area contributed by atoms with Crippen LogP contribution in [0.5, 0.6) is 0 Å². The summed E-state index contributed by atoms with van der Waals surface area (Å²) in [6.45, 7) is 0. The first kappa shape index (κ1) is 21.0. The highest BCUT2D eigenvalue weighted by molar-refractivity contribution is 7.89. The number of anilines is 1. The Morgan fingerprint density at radius 3 is 2.21 bits per heavy atom. The normalized spacial score (nSPS) is 12.3. The summed E-state index contributed by atoms with van der Waals surface area (Å²) in [6, 6.07) is 19.5. The van der Waals surface area contributed by atoms with Crippen molar-refractivity contribution < 1.29 is 17.6 Å². The molecule has 0 aliphatic carbocycles. The molecule has 1 atom stereocenters. The van der Waals surface area contributed by atoms with E-state index in [1.165, 1.54) is 24.3 Å². The van der Waals surface area contributed by atoms with Gasteiger partial charge in [-0.15, -0.1) is 0 Å². The van der Waals surface area contributed by atoms with Crippen molar-refractivity contribution in [3.05, 3.63) is 95.3 Å². The summed E-state index contributed by atoms with van der Waals surface area (Å²) in [5, 5.41) is 2.44. The Labute approximate surface area is 173 Å². The van der Waals surface area contributed by atoms with Crippen LogP contribution < -0.4 is 10.0 Å². The number of nitrogens with one attached hydrogen (secondary N) is 2. The van der Waals surface area contributed by atoms with Gasteiger partial charge in [0, 0.05) is 5.69 Å². The van der Waals surface area contributed by atoms with Crippen LogP contribution in [0.25, 0.3) is 0 Å². The number of rotatable bonds is 7. The van der Waals surface area contributed by atoms with Crippen LogP contribution in [0.1, 0.15) is 5.56 Å². The highest BCUT2D eigenvalue weighted by Crippen LogP contribution is 2.20. The fraction of sp³-hybridized carbons (Fsp3) is 0.0952. The zero-order chi connectivity index (χ0) is 20.9. The van der Waals surface area contributed by atoms with E-state index >= 15 is 0 Å². The van der Waals surface area contributed by atoms with Crippen LogP contribution in [-0.2, 0) is 21.2 Å². The van der Waals surface area contributed by atoms with Crippen molar-refractivity contribution >= 4 is 33.2 Å². The summed E-state index contributed by atoms with van der Waals surface area (Å²) in [5.41, 5.74) is 1.04. The van der Waals surface area contributed by atoms with Gasteiger partial charge in [0.25, 0.3) is 0 Å². The van der Waals surface area contributed by atoms with Crippen molar-refractivity contribution in [3.8, 4) is 0 Å². The molecule has 0 saturated carbocycles. The molecule has 3 rings (SSSR count).